The summed E-state index contributed by atoms with van der Waals surface area (Å²) in [5, 5.41) is 0. The summed E-state index contributed by atoms with van der Waals surface area (Å²) in [4.78, 5) is 2.38. The van der Waals surface area contributed by atoms with Crippen LogP contribution in [-0.2, 0) is 17.6 Å². The quantitative estimate of drug-likeness (QED) is 0.857. The van der Waals surface area contributed by atoms with Gasteiger partial charge < -0.3 is 10.5 Å². The summed E-state index contributed by atoms with van der Waals surface area (Å²) >= 11 is 0. The largest absolute Gasteiger partial charge is 0.383 e. The highest BCUT2D eigenvalue weighted by atomic mass is 16.5. The Hall–Kier alpha value is -0.900. The molecular formula is C15H24N2O. The van der Waals surface area contributed by atoms with Crippen molar-refractivity contribution in [1.29, 1.82) is 0 Å². The summed E-state index contributed by atoms with van der Waals surface area (Å²) in [5.74, 6) is 0. The average molecular weight is 248 g/mol. The normalized spacial score (nSPS) is 23.1. The third kappa shape index (κ3) is 2.58. The molecule has 0 saturated carbocycles. The van der Waals surface area contributed by atoms with Crippen LogP contribution in [0.15, 0.2) is 24.3 Å². The summed E-state index contributed by atoms with van der Waals surface area (Å²) in [5.41, 5.74) is 9.13. The number of nitrogens with two attached hydrogens (primary N) is 1. The van der Waals surface area contributed by atoms with Gasteiger partial charge in [-0.05, 0) is 37.4 Å². The van der Waals surface area contributed by atoms with E-state index in [1.54, 1.807) is 7.11 Å². The van der Waals surface area contributed by atoms with E-state index < -0.39 is 0 Å². The van der Waals surface area contributed by atoms with Crippen LogP contribution >= 0.6 is 0 Å². The highest BCUT2D eigenvalue weighted by Crippen LogP contribution is 2.31. The summed E-state index contributed by atoms with van der Waals surface area (Å²) in [6, 6.07) is 8.73. The van der Waals surface area contributed by atoms with E-state index >= 15 is 0 Å². The second kappa shape index (κ2) is 5.83. The lowest BCUT2D eigenvalue weighted by Gasteiger charge is -2.44. The first kappa shape index (κ1) is 13.5. The maximum atomic E-state index is 6.09. The number of fused-ring (bicyclic) bond motifs is 1. The van der Waals surface area contributed by atoms with Crippen LogP contribution in [0.3, 0.4) is 0 Å². The predicted molar refractivity (Wildman–Crippen MR) is 74.8 cm³/mol. The van der Waals surface area contributed by atoms with Gasteiger partial charge in [0, 0.05) is 25.7 Å². The van der Waals surface area contributed by atoms with Crippen LogP contribution in [0, 0.1) is 0 Å². The number of hydrogen-bond donors (Lipinski definition) is 1. The van der Waals surface area contributed by atoms with Crippen molar-refractivity contribution in [2.24, 2.45) is 5.73 Å². The number of ether oxygens (including phenoxy) is 1. The smallest absolute Gasteiger partial charge is 0.0589 e. The molecule has 0 spiro atoms. The van der Waals surface area contributed by atoms with Crippen molar-refractivity contribution in [2.75, 3.05) is 33.9 Å². The molecule has 1 aliphatic rings. The lowest BCUT2D eigenvalue weighted by molar-refractivity contribution is 0.0726. The van der Waals surface area contributed by atoms with Crippen LogP contribution < -0.4 is 5.73 Å². The second-order valence-corrected chi connectivity index (χ2v) is 5.29. The monoisotopic (exact) mass is 248 g/mol. The maximum absolute atomic E-state index is 6.09. The molecule has 0 bridgehead atoms. The van der Waals surface area contributed by atoms with Gasteiger partial charge in [0.1, 0.15) is 0 Å². The Bertz CT molecular complexity index is 394. The second-order valence-electron chi connectivity index (χ2n) is 5.29. The maximum Gasteiger partial charge on any atom is 0.0589 e. The molecule has 1 unspecified atom stereocenters. The van der Waals surface area contributed by atoms with E-state index in [0.717, 1.165) is 32.4 Å². The van der Waals surface area contributed by atoms with Crippen molar-refractivity contribution in [3.8, 4) is 0 Å². The van der Waals surface area contributed by atoms with Crippen molar-refractivity contribution in [3.63, 3.8) is 0 Å². The Morgan fingerprint density at radius 2 is 2.06 bits per heavy atom. The lowest BCUT2D eigenvalue weighted by Crippen LogP contribution is -2.56. The minimum absolute atomic E-state index is 0.104. The molecule has 1 atom stereocenters. The molecule has 0 saturated heterocycles. The molecule has 3 nitrogen and oxygen atoms in total. The summed E-state index contributed by atoms with van der Waals surface area (Å²) in [6.07, 6.45) is 3.32. The molecule has 0 amide bonds. The molecule has 0 aromatic heterocycles. The highest BCUT2D eigenvalue weighted by molar-refractivity contribution is 5.32. The van der Waals surface area contributed by atoms with E-state index in [4.69, 9.17) is 10.5 Å². The fourth-order valence-corrected chi connectivity index (χ4v) is 2.91. The van der Waals surface area contributed by atoms with Crippen LogP contribution in [0.2, 0.25) is 0 Å². The number of hydrogen-bond acceptors (Lipinski definition) is 3. The van der Waals surface area contributed by atoms with Crippen LogP contribution in [0.1, 0.15) is 17.5 Å². The number of rotatable bonds is 5. The van der Waals surface area contributed by atoms with E-state index in [0.29, 0.717) is 6.54 Å². The van der Waals surface area contributed by atoms with Crippen LogP contribution in [-0.4, -0.2) is 44.3 Å². The summed E-state index contributed by atoms with van der Waals surface area (Å²) < 4.78 is 5.18. The summed E-state index contributed by atoms with van der Waals surface area (Å²) in [6.45, 7) is 2.41. The molecule has 0 aliphatic heterocycles. The van der Waals surface area contributed by atoms with Crippen LogP contribution in [0.4, 0.5) is 0 Å². The molecule has 100 valence electrons. The number of aryl methyl sites for hydroxylation is 1. The molecule has 1 aromatic rings. The molecule has 3 heteroatoms. The fraction of sp³-hybridized carbons (Fsp3) is 0.600. The molecule has 0 fully saturated rings. The molecule has 1 aromatic carbocycles. The average Bonchev–Trinajstić information content (AvgIpc) is 2.44. The van der Waals surface area contributed by atoms with Gasteiger partial charge in [-0.15, -0.1) is 0 Å². The Balaban J connectivity index is 2.15. The van der Waals surface area contributed by atoms with E-state index in [1.807, 2.05) is 0 Å². The molecule has 0 heterocycles. The highest BCUT2D eigenvalue weighted by Gasteiger charge is 2.36. The molecule has 1 aliphatic carbocycles. The minimum atomic E-state index is 0.104. The molecule has 18 heavy (non-hydrogen) atoms. The van der Waals surface area contributed by atoms with Gasteiger partial charge in [-0.3, -0.25) is 4.90 Å². The Labute approximate surface area is 110 Å². The minimum Gasteiger partial charge on any atom is -0.383 e. The van der Waals surface area contributed by atoms with Crippen molar-refractivity contribution in [3.05, 3.63) is 35.4 Å². The molecular weight excluding hydrogens is 224 g/mol. The van der Waals surface area contributed by atoms with Gasteiger partial charge in [-0.25, -0.2) is 0 Å². The SMILES string of the molecule is COCCN(C)C1(CN)CCc2ccccc2C1. The fourth-order valence-electron chi connectivity index (χ4n) is 2.91. The Morgan fingerprint density at radius 1 is 1.33 bits per heavy atom. The van der Waals surface area contributed by atoms with E-state index in [-0.39, 0.29) is 5.54 Å². The number of nitrogens with zero attached hydrogens (tertiary/aromatic N) is 1. The first-order chi connectivity index (χ1) is 8.72. The van der Waals surface area contributed by atoms with Gasteiger partial charge >= 0.3 is 0 Å². The summed E-state index contributed by atoms with van der Waals surface area (Å²) in [7, 11) is 3.92. The van der Waals surface area contributed by atoms with E-state index in [1.165, 1.54) is 11.1 Å². The van der Waals surface area contributed by atoms with Crippen molar-refractivity contribution in [1.82, 2.24) is 4.90 Å². The van der Waals surface area contributed by atoms with E-state index in [9.17, 15) is 0 Å². The van der Waals surface area contributed by atoms with Gasteiger partial charge in [0.05, 0.1) is 6.61 Å². The number of likely N-dealkylation sites (N-methyl/N-ethyl adjacent to an activating group) is 1. The molecule has 2 N–H and O–H groups in total. The third-order valence-corrected chi connectivity index (χ3v) is 4.32. The van der Waals surface area contributed by atoms with Gasteiger partial charge in [0.15, 0.2) is 0 Å². The van der Waals surface area contributed by atoms with Crippen LogP contribution in [0.25, 0.3) is 0 Å². The zero-order valence-corrected chi connectivity index (χ0v) is 11.5. The lowest BCUT2D eigenvalue weighted by atomic mass is 9.77. The molecule has 0 radical (unpaired) electrons. The van der Waals surface area contributed by atoms with Gasteiger partial charge in [-0.1, -0.05) is 24.3 Å². The first-order valence-corrected chi connectivity index (χ1v) is 6.69. The standard InChI is InChI=1S/C15H24N2O/c1-17(9-10-18-2)15(12-16)8-7-13-5-3-4-6-14(13)11-15/h3-6H,7-12,16H2,1-2H3. The first-order valence-electron chi connectivity index (χ1n) is 6.69. The molecule has 2 rings (SSSR count). The Morgan fingerprint density at radius 3 is 2.72 bits per heavy atom. The zero-order valence-electron chi connectivity index (χ0n) is 11.5. The number of methoxy groups -OCH3 is 1. The van der Waals surface area contributed by atoms with Crippen molar-refractivity contribution in [2.45, 2.75) is 24.8 Å². The van der Waals surface area contributed by atoms with Crippen LogP contribution in [0.5, 0.6) is 0 Å². The zero-order chi connectivity index (χ0) is 13.0. The van der Waals surface area contributed by atoms with Gasteiger partial charge in [-0.2, -0.15) is 0 Å². The van der Waals surface area contributed by atoms with Crippen molar-refractivity contribution >= 4 is 0 Å². The van der Waals surface area contributed by atoms with Gasteiger partial charge in [0.25, 0.3) is 0 Å². The Kier molecular flexibility index (Phi) is 4.38. The topological polar surface area (TPSA) is 38.5 Å². The third-order valence-electron chi connectivity index (χ3n) is 4.32. The van der Waals surface area contributed by atoms with E-state index in [2.05, 4.69) is 36.2 Å². The predicted octanol–water partition coefficient (Wildman–Crippen LogP) is 1.45. The number of benzene rings is 1. The van der Waals surface area contributed by atoms with Gasteiger partial charge in [0.2, 0.25) is 0 Å². The van der Waals surface area contributed by atoms with Crippen molar-refractivity contribution < 1.29 is 4.74 Å².